The van der Waals surface area contributed by atoms with Crippen molar-refractivity contribution in [2.24, 2.45) is 0 Å². The van der Waals surface area contributed by atoms with Gasteiger partial charge in [-0.1, -0.05) is 12.2 Å². The summed E-state index contributed by atoms with van der Waals surface area (Å²) in [6, 6.07) is 0. The van der Waals surface area contributed by atoms with Crippen LogP contribution in [0.4, 0.5) is 0 Å². The molecule has 0 aliphatic carbocycles. The Bertz CT molecular complexity index is 318. The van der Waals surface area contributed by atoms with Crippen LogP contribution in [-0.4, -0.2) is 68.9 Å². The number of thiol groups is 1. The van der Waals surface area contributed by atoms with Crippen molar-refractivity contribution in [2.75, 3.05) is 41.3 Å². The van der Waals surface area contributed by atoms with Gasteiger partial charge < -0.3 is 4.90 Å². The van der Waals surface area contributed by atoms with Gasteiger partial charge in [-0.15, -0.1) is 12.6 Å². The van der Waals surface area contributed by atoms with E-state index in [0.29, 0.717) is 4.32 Å². The van der Waals surface area contributed by atoms with Crippen molar-refractivity contribution in [3.63, 3.8) is 0 Å². The average Bonchev–Trinajstić information content (AvgIpc) is 2.39. The molecule has 3 nitrogen and oxygen atoms in total. The Labute approximate surface area is 183 Å². The quantitative estimate of drug-likeness (QED) is 0.338. The molecular weight excluding hydrogens is 497 g/mol. The van der Waals surface area contributed by atoms with Gasteiger partial charge in [0.25, 0.3) is 0 Å². The van der Waals surface area contributed by atoms with Crippen LogP contribution in [0.15, 0.2) is 0 Å². The third kappa shape index (κ3) is 16.8. The molecule has 0 rings (SSSR count). The fourth-order valence-electron chi connectivity index (χ4n) is 0.883. The molecule has 122 valence electrons. The molecular formula is C11H23N3S6Zn2. The van der Waals surface area contributed by atoms with Crippen molar-refractivity contribution in [3.8, 4) is 0 Å². The molecule has 0 aliphatic heterocycles. The third-order valence-electron chi connectivity index (χ3n) is 2.13. The molecule has 0 heterocycles. The molecule has 11 heteroatoms. The molecule has 0 fully saturated rings. The predicted octanol–water partition coefficient (Wildman–Crippen LogP) is 3.60. The SMILES string of the molecule is CCN(CC)C(=S)S.CN(C)C(=S)[S][Zn][S]C(=S)N(C)C.[Zn]. The summed E-state index contributed by atoms with van der Waals surface area (Å²) in [5, 5.41) is 0. The van der Waals surface area contributed by atoms with Crippen molar-refractivity contribution in [1.82, 2.24) is 14.7 Å². The van der Waals surface area contributed by atoms with E-state index in [0.717, 1.165) is 21.7 Å². The molecule has 0 radical (unpaired) electrons. The second-order valence-electron chi connectivity index (χ2n) is 4.18. The summed E-state index contributed by atoms with van der Waals surface area (Å²) in [6.45, 7) is 6.04. The number of thiocarbonyl (C=S) groups is 3. The number of rotatable bonds is 4. The molecule has 0 saturated heterocycles. The Morgan fingerprint density at radius 1 is 0.909 bits per heavy atom. The van der Waals surface area contributed by atoms with Gasteiger partial charge in [-0.25, -0.2) is 0 Å². The molecule has 0 saturated carbocycles. The zero-order valence-electron chi connectivity index (χ0n) is 14.2. The van der Waals surface area contributed by atoms with Gasteiger partial charge in [0.1, 0.15) is 4.32 Å². The van der Waals surface area contributed by atoms with E-state index in [2.05, 4.69) is 26.5 Å². The molecule has 0 aliphatic rings. The second-order valence-corrected chi connectivity index (χ2v) is 17.0. The normalized spacial score (nSPS) is 8.50. The number of hydrogen-bond donors (Lipinski definition) is 1. The summed E-state index contributed by atoms with van der Waals surface area (Å²) in [7, 11) is 11.6. The summed E-state index contributed by atoms with van der Waals surface area (Å²) in [5.74, 6) is 0. The van der Waals surface area contributed by atoms with Crippen LogP contribution in [0, 0.1) is 0 Å². The van der Waals surface area contributed by atoms with Crippen molar-refractivity contribution < 1.29 is 34.2 Å². The third-order valence-corrected chi connectivity index (χ3v) is 16.8. The minimum atomic E-state index is -0.716. The van der Waals surface area contributed by atoms with Crippen LogP contribution in [0.25, 0.3) is 0 Å². The molecule has 22 heavy (non-hydrogen) atoms. The topological polar surface area (TPSA) is 9.72 Å². The fourth-order valence-corrected chi connectivity index (χ4v) is 15.7. The van der Waals surface area contributed by atoms with Gasteiger partial charge in [0.2, 0.25) is 0 Å². The van der Waals surface area contributed by atoms with Crippen LogP contribution in [0.5, 0.6) is 0 Å². The van der Waals surface area contributed by atoms with Crippen LogP contribution in [-0.2, 0) is 34.2 Å². The van der Waals surface area contributed by atoms with Gasteiger partial charge in [0, 0.05) is 32.6 Å². The van der Waals surface area contributed by atoms with Crippen molar-refractivity contribution in [2.45, 2.75) is 13.8 Å². The first kappa shape index (κ1) is 28.8. The molecule has 0 bridgehead atoms. The Hall–Kier alpha value is 1.97. The van der Waals surface area contributed by atoms with Crippen molar-refractivity contribution in [1.29, 1.82) is 0 Å². The Kier molecular flexibility index (Phi) is 23.2. The fraction of sp³-hybridized carbons (Fsp3) is 0.727. The standard InChI is InChI=1S/C5H11NS2.2C3H7NS2.2Zn/c1-3-6(4-2)5(7)8;2*1-4(2)3(5)6;;/h3-4H2,1-2H3,(H,7,8);2*1-2H3,(H,5,6);;/q;;;;+2/p-2. The molecule has 0 atom stereocenters. The second kappa shape index (κ2) is 17.8. The van der Waals surface area contributed by atoms with Gasteiger partial charge in [-0.2, -0.15) is 0 Å². The largest absolute Gasteiger partial charge is 0 e. The first-order valence-corrected chi connectivity index (χ1v) is 17.2. The summed E-state index contributed by atoms with van der Waals surface area (Å²) >= 11 is 18.4. The number of nitrogens with zero attached hydrogens (tertiary/aromatic N) is 3. The summed E-state index contributed by atoms with van der Waals surface area (Å²) < 4.78 is 2.65. The Morgan fingerprint density at radius 2 is 1.23 bits per heavy atom. The molecule has 0 aromatic heterocycles. The molecule has 0 aromatic rings. The van der Waals surface area contributed by atoms with Crippen LogP contribution >= 0.6 is 68.8 Å². The maximum atomic E-state index is 5.16. The van der Waals surface area contributed by atoms with Crippen LogP contribution < -0.4 is 0 Å². The van der Waals surface area contributed by atoms with E-state index >= 15 is 0 Å². The summed E-state index contributed by atoms with van der Waals surface area (Å²) in [6.07, 6.45) is 0. The average molecular weight is 521 g/mol. The summed E-state index contributed by atoms with van der Waals surface area (Å²) in [4.78, 5) is 5.97. The zero-order valence-corrected chi connectivity index (χ0v) is 25.1. The van der Waals surface area contributed by atoms with E-state index in [1.54, 1.807) is 0 Å². The van der Waals surface area contributed by atoms with E-state index in [4.69, 9.17) is 36.7 Å². The summed E-state index contributed by atoms with van der Waals surface area (Å²) in [5.41, 5.74) is 0. The minimum Gasteiger partial charge on any atom is 0 e. The first-order valence-electron chi connectivity index (χ1n) is 6.33. The molecule has 0 aromatic carbocycles. The van der Waals surface area contributed by atoms with Gasteiger partial charge >= 0.3 is 105 Å². The van der Waals surface area contributed by atoms with Gasteiger partial charge in [0.15, 0.2) is 0 Å². The van der Waals surface area contributed by atoms with E-state index < -0.39 is 14.7 Å². The predicted molar refractivity (Wildman–Crippen MR) is 112 cm³/mol. The van der Waals surface area contributed by atoms with Crippen LogP contribution in [0.2, 0.25) is 0 Å². The van der Waals surface area contributed by atoms with E-state index in [-0.39, 0.29) is 19.5 Å². The van der Waals surface area contributed by atoms with E-state index in [9.17, 15) is 0 Å². The molecule has 0 amide bonds. The van der Waals surface area contributed by atoms with Crippen LogP contribution in [0.1, 0.15) is 13.8 Å². The number of hydrogen-bond acceptors (Lipinski definition) is 5. The molecule has 0 spiro atoms. The minimum absolute atomic E-state index is 0. The van der Waals surface area contributed by atoms with Crippen LogP contribution in [0.3, 0.4) is 0 Å². The maximum Gasteiger partial charge on any atom is 0 e. The molecule has 0 unspecified atom stereocenters. The smallest absolute Gasteiger partial charge is 0 e. The van der Waals surface area contributed by atoms with Crippen molar-refractivity contribution >= 4 is 81.8 Å². The maximum absolute atomic E-state index is 5.16. The van der Waals surface area contributed by atoms with E-state index in [1.807, 2.05) is 62.4 Å². The van der Waals surface area contributed by atoms with Gasteiger partial charge in [-0.3, -0.25) is 0 Å². The van der Waals surface area contributed by atoms with Gasteiger partial charge in [-0.05, 0) is 13.8 Å². The Morgan fingerprint density at radius 3 is 1.36 bits per heavy atom. The first-order chi connectivity index (χ1) is 9.67. The zero-order chi connectivity index (χ0) is 17.0. The Balaban J connectivity index is -0.000000348. The monoisotopic (exact) mass is 517 g/mol. The van der Waals surface area contributed by atoms with E-state index in [1.165, 1.54) is 0 Å². The molecule has 0 N–H and O–H groups in total. The van der Waals surface area contributed by atoms with Gasteiger partial charge in [0.05, 0.1) is 0 Å². The van der Waals surface area contributed by atoms with Crippen molar-refractivity contribution in [3.05, 3.63) is 0 Å².